The average Bonchev–Trinajstić information content (AvgIpc) is 3.07. The van der Waals surface area contributed by atoms with E-state index < -0.39 is 6.29 Å². The fourth-order valence-corrected chi connectivity index (χ4v) is 6.02. The fourth-order valence-electron chi connectivity index (χ4n) is 6.02. The van der Waals surface area contributed by atoms with Crippen molar-refractivity contribution in [2.75, 3.05) is 38.0 Å². The number of hydrogen-bond acceptors (Lipinski definition) is 7. The van der Waals surface area contributed by atoms with Crippen molar-refractivity contribution < 1.29 is 19.4 Å². The van der Waals surface area contributed by atoms with Crippen LogP contribution in [0, 0.1) is 5.92 Å². The minimum absolute atomic E-state index is 0.00350. The van der Waals surface area contributed by atoms with Crippen LogP contribution in [0.5, 0.6) is 0 Å². The lowest BCUT2D eigenvalue weighted by Gasteiger charge is -2.44. The molecule has 8 nitrogen and oxygen atoms in total. The van der Waals surface area contributed by atoms with Crippen molar-refractivity contribution in [1.82, 2.24) is 14.8 Å². The topological polar surface area (TPSA) is 87.2 Å². The number of piperazine rings is 1. The van der Waals surface area contributed by atoms with Crippen LogP contribution in [0.4, 0.5) is 5.69 Å². The summed E-state index contributed by atoms with van der Waals surface area (Å²) in [5.41, 5.74) is 5.27. The summed E-state index contributed by atoms with van der Waals surface area (Å²) >= 11 is 0. The van der Waals surface area contributed by atoms with Gasteiger partial charge in [-0.3, -0.25) is 19.6 Å². The molecule has 44 heavy (non-hydrogen) atoms. The number of amides is 1. The van der Waals surface area contributed by atoms with Gasteiger partial charge in [-0.1, -0.05) is 73.7 Å². The molecule has 4 aromatic rings. The second-order valence-corrected chi connectivity index (χ2v) is 11.7. The molecule has 2 saturated heterocycles. The van der Waals surface area contributed by atoms with Crippen LogP contribution in [0.2, 0.25) is 0 Å². The lowest BCUT2D eigenvalue weighted by Crippen LogP contribution is -2.51. The lowest BCUT2D eigenvalue weighted by molar-refractivity contribution is -0.276. The molecule has 3 aromatic carbocycles. The van der Waals surface area contributed by atoms with Gasteiger partial charge in [-0.25, -0.2) is 0 Å². The van der Waals surface area contributed by atoms with Gasteiger partial charge in [0.25, 0.3) is 5.91 Å². The summed E-state index contributed by atoms with van der Waals surface area (Å²) in [6, 6.07) is 29.8. The van der Waals surface area contributed by atoms with Crippen molar-refractivity contribution in [3.05, 3.63) is 131 Å². The van der Waals surface area contributed by atoms with Crippen LogP contribution in [0.3, 0.4) is 0 Å². The molecule has 228 valence electrons. The Morgan fingerprint density at radius 2 is 1.64 bits per heavy atom. The first kappa shape index (κ1) is 30.1. The number of pyridine rings is 1. The van der Waals surface area contributed by atoms with E-state index in [-0.39, 0.29) is 30.6 Å². The van der Waals surface area contributed by atoms with Gasteiger partial charge in [0.2, 0.25) is 0 Å². The lowest BCUT2D eigenvalue weighted by atomic mass is 9.90. The Balaban J connectivity index is 1.17. The quantitative estimate of drug-likeness (QED) is 0.268. The Morgan fingerprint density at radius 3 is 2.36 bits per heavy atom. The summed E-state index contributed by atoms with van der Waals surface area (Å²) in [5, 5.41) is 12.5. The van der Waals surface area contributed by atoms with Crippen LogP contribution in [0.1, 0.15) is 51.9 Å². The molecule has 2 fully saturated rings. The maximum absolute atomic E-state index is 12.8. The van der Waals surface area contributed by atoms with E-state index in [1.165, 1.54) is 5.56 Å². The van der Waals surface area contributed by atoms with Crippen LogP contribution < -0.4 is 5.32 Å². The van der Waals surface area contributed by atoms with Crippen LogP contribution >= 0.6 is 0 Å². The van der Waals surface area contributed by atoms with Gasteiger partial charge in [-0.05, 0) is 41.0 Å². The smallest absolute Gasteiger partial charge is 0.257 e. The standard InChI is InChI=1S/C36H40N4O4/c1-26-33(24-40-19-17-39(18-20-40)23-27-7-3-2-4-8-27)43-36(44-34(26)29-14-12-28(25-41)13-15-29)30-9-5-11-32(21-30)38-35(42)31-10-6-16-37-22-31/h2-16,21-22,26,33-34,36,41H,17-20,23-25H2,1H3,(H,38,42)/t26-,33+,34+,36+/m1/s1. The number of aromatic nitrogens is 1. The Morgan fingerprint density at radius 1 is 0.864 bits per heavy atom. The van der Waals surface area contributed by atoms with Crippen LogP contribution in [0.25, 0.3) is 0 Å². The van der Waals surface area contributed by atoms with E-state index in [1.54, 1.807) is 24.5 Å². The zero-order valence-corrected chi connectivity index (χ0v) is 25.1. The molecule has 0 aliphatic carbocycles. The van der Waals surface area contributed by atoms with E-state index in [9.17, 15) is 9.90 Å². The predicted octanol–water partition coefficient (Wildman–Crippen LogP) is 5.44. The van der Waals surface area contributed by atoms with Crippen molar-refractivity contribution in [2.45, 2.75) is 38.6 Å². The average molecular weight is 593 g/mol. The van der Waals surface area contributed by atoms with Gasteiger partial charge in [-0.2, -0.15) is 0 Å². The van der Waals surface area contributed by atoms with Gasteiger partial charge in [-0.15, -0.1) is 0 Å². The molecule has 0 radical (unpaired) electrons. The summed E-state index contributed by atoms with van der Waals surface area (Å²) in [4.78, 5) is 21.9. The van der Waals surface area contributed by atoms with Crippen LogP contribution in [-0.2, 0) is 22.6 Å². The van der Waals surface area contributed by atoms with Gasteiger partial charge < -0.3 is 19.9 Å². The molecule has 0 saturated carbocycles. The largest absolute Gasteiger partial charge is 0.392 e. The third kappa shape index (κ3) is 7.41. The fraction of sp³-hybridized carbons (Fsp3) is 0.333. The minimum atomic E-state index is -0.603. The zero-order chi connectivity index (χ0) is 30.3. The number of rotatable bonds is 9. The number of aliphatic hydroxyl groups excluding tert-OH is 1. The number of ether oxygens (including phenoxy) is 2. The highest BCUT2D eigenvalue weighted by Gasteiger charge is 2.39. The first-order valence-electron chi connectivity index (χ1n) is 15.4. The molecule has 0 unspecified atom stereocenters. The highest BCUT2D eigenvalue weighted by atomic mass is 16.7. The van der Waals surface area contributed by atoms with Crippen molar-refractivity contribution in [1.29, 1.82) is 0 Å². The van der Waals surface area contributed by atoms with Crippen LogP contribution in [-0.4, -0.2) is 64.6 Å². The van der Waals surface area contributed by atoms with E-state index in [2.05, 4.69) is 57.4 Å². The van der Waals surface area contributed by atoms with Gasteiger partial charge in [0.05, 0.1) is 24.4 Å². The molecular weight excluding hydrogens is 552 g/mol. The third-order valence-electron chi connectivity index (χ3n) is 8.62. The molecular formula is C36H40N4O4. The summed E-state index contributed by atoms with van der Waals surface area (Å²) in [6.45, 7) is 7.98. The molecule has 1 aromatic heterocycles. The molecule has 2 N–H and O–H groups in total. The number of anilines is 1. The van der Waals surface area contributed by atoms with Gasteiger partial charge in [0, 0.05) is 68.8 Å². The monoisotopic (exact) mass is 592 g/mol. The van der Waals surface area contributed by atoms with Gasteiger partial charge in [0.1, 0.15) is 0 Å². The maximum Gasteiger partial charge on any atom is 0.257 e. The molecule has 4 atom stereocenters. The molecule has 0 bridgehead atoms. The van der Waals surface area contributed by atoms with Crippen molar-refractivity contribution in [3.63, 3.8) is 0 Å². The molecule has 8 heteroatoms. The van der Waals surface area contributed by atoms with E-state index in [1.807, 2.05) is 48.5 Å². The molecule has 0 spiro atoms. The number of carbonyl (C=O) groups excluding carboxylic acids is 1. The van der Waals surface area contributed by atoms with E-state index in [0.29, 0.717) is 11.3 Å². The van der Waals surface area contributed by atoms with Crippen LogP contribution in [0.15, 0.2) is 103 Å². The van der Waals surface area contributed by atoms with E-state index in [4.69, 9.17) is 9.47 Å². The Labute approximate surface area is 259 Å². The summed E-state index contributed by atoms with van der Waals surface area (Å²) < 4.78 is 13.4. The van der Waals surface area contributed by atoms with Gasteiger partial charge in [0.15, 0.2) is 6.29 Å². The summed E-state index contributed by atoms with van der Waals surface area (Å²) in [6.07, 6.45) is 2.33. The SMILES string of the molecule is C[C@@H]1[C@H](CN2CCN(Cc3ccccc3)CC2)O[C@H](c2cccc(NC(=O)c3cccnc3)c2)O[C@@H]1c1ccc(CO)cc1. The number of carbonyl (C=O) groups is 1. The van der Waals surface area contributed by atoms with Crippen molar-refractivity contribution >= 4 is 11.6 Å². The maximum atomic E-state index is 12.8. The first-order valence-corrected chi connectivity index (χ1v) is 15.4. The van der Waals surface area contributed by atoms with Crippen molar-refractivity contribution in [3.8, 4) is 0 Å². The Kier molecular flexibility index (Phi) is 9.75. The Bertz CT molecular complexity index is 1490. The molecule has 2 aliphatic rings. The van der Waals surface area contributed by atoms with Gasteiger partial charge >= 0.3 is 0 Å². The third-order valence-corrected chi connectivity index (χ3v) is 8.62. The number of benzene rings is 3. The minimum Gasteiger partial charge on any atom is -0.392 e. The molecule has 2 aliphatic heterocycles. The van der Waals surface area contributed by atoms with E-state index in [0.717, 1.165) is 56.0 Å². The summed E-state index contributed by atoms with van der Waals surface area (Å²) in [5.74, 6) is -0.123. The highest BCUT2D eigenvalue weighted by molar-refractivity contribution is 6.04. The second-order valence-electron chi connectivity index (χ2n) is 11.7. The number of aliphatic hydroxyl groups is 1. The molecule has 6 rings (SSSR count). The van der Waals surface area contributed by atoms with E-state index >= 15 is 0 Å². The predicted molar refractivity (Wildman–Crippen MR) is 170 cm³/mol. The second kappa shape index (κ2) is 14.2. The number of hydrogen-bond donors (Lipinski definition) is 2. The highest BCUT2D eigenvalue weighted by Crippen LogP contribution is 2.42. The first-order chi connectivity index (χ1) is 21.6. The normalized spacial score (nSPS) is 22.9. The zero-order valence-electron chi connectivity index (χ0n) is 25.1. The number of nitrogens with zero attached hydrogens (tertiary/aromatic N) is 3. The Hall–Kier alpha value is -3.92. The molecule has 1 amide bonds. The molecule has 3 heterocycles. The number of nitrogens with one attached hydrogen (secondary N) is 1. The van der Waals surface area contributed by atoms with Crippen molar-refractivity contribution in [2.24, 2.45) is 5.92 Å². The summed E-state index contributed by atoms with van der Waals surface area (Å²) in [7, 11) is 0.